The molecule has 2 aromatic carbocycles. The van der Waals surface area contributed by atoms with Gasteiger partial charge in [-0.3, -0.25) is 5.10 Å². The van der Waals surface area contributed by atoms with Crippen LogP contribution in [0.5, 0.6) is 5.75 Å². The minimum atomic E-state index is -0.263. The molecule has 0 radical (unpaired) electrons. The van der Waals surface area contributed by atoms with E-state index in [1.165, 1.54) is 0 Å². The molecule has 3 N–H and O–H groups in total. The van der Waals surface area contributed by atoms with Crippen molar-refractivity contribution in [3.8, 4) is 5.75 Å². The van der Waals surface area contributed by atoms with E-state index in [2.05, 4.69) is 15.5 Å². The molecule has 6 heteroatoms. The van der Waals surface area contributed by atoms with Crippen molar-refractivity contribution < 1.29 is 9.90 Å². The molecule has 25 heavy (non-hydrogen) atoms. The number of hydrogen-bond donors (Lipinski definition) is 3. The summed E-state index contributed by atoms with van der Waals surface area (Å²) in [5.74, 6) is 0.170. The number of carbonyl (C=O) groups is 1. The van der Waals surface area contributed by atoms with Gasteiger partial charge in [0.25, 0.3) is 0 Å². The summed E-state index contributed by atoms with van der Waals surface area (Å²) in [6.45, 7) is 2.25. The number of amides is 2. The molecule has 0 aliphatic carbocycles. The van der Waals surface area contributed by atoms with Gasteiger partial charge in [-0.2, -0.15) is 5.10 Å². The Morgan fingerprint density at radius 2 is 1.92 bits per heavy atom. The Kier molecular flexibility index (Phi) is 4.99. The first-order chi connectivity index (χ1) is 12.1. The van der Waals surface area contributed by atoms with Gasteiger partial charge in [-0.25, -0.2) is 4.79 Å². The summed E-state index contributed by atoms with van der Waals surface area (Å²) in [6.07, 6.45) is 3.16. The lowest BCUT2D eigenvalue weighted by molar-refractivity contribution is 0.188. The number of aromatic nitrogens is 2. The van der Waals surface area contributed by atoms with Gasteiger partial charge in [0.15, 0.2) is 0 Å². The summed E-state index contributed by atoms with van der Waals surface area (Å²) in [5.41, 5.74) is 2.29. The average molecular weight is 336 g/mol. The predicted molar refractivity (Wildman–Crippen MR) is 96.1 cm³/mol. The fourth-order valence-electron chi connectivity index (χ4n) is 2.64. The van der Waals surface area contributed by atoms with Crippen LogP contribution in [0.25, 0.3) is 0 Å². The number of carbonyl (C=O) groups excluding carboxylic acids is 1. The van der Waals surface area contributed by atoms with Gasteiger partial charge >= 0.3 is 6.03 Å². The Morgan fingerprint density at radius 1 is 1.20 bits per heavy atom. The molecule has 0 spiro atoms. The lowest BCUT2D eigenvalue weighted by Crippen LogP contribution is -2.36. The first-order valence-electron chi connectivity index (χ1n) is 8.03. The number of nitrogens with zero attached hydrogens (tertiary/aromatic N) is 2. The van der Waals surface area contributed by atoms with Crippen LogP contribution in [0, 0.1) is 0 Å². The average Bonchev–Trinajstić information content (AvgIpc) is 3.14. The Hall–Kier alpha value is -3.28. The number of H-pyrrole nitrogens is 1. The molecule has 3 rings (SSSR count). The van der Waals surface area contributed by atoms with Crippen LogP contribution in [-0.4, -0.2) is 26.2 Å². The number of aromatic amines is 1. The van der Waals surface area contributed by atoms with Crippen LogP contribution in [0.3, 0.4) is 0 Å². The number of phenols is 1. The Balaban J connectivity index is 1.87. The molecule has 1 aromatic heterocycles. The third kappa shape index (κ3) is 3.98. The molecule has 0 unspecified atom stereocenters. The molecule has 0 saturated heterocycles. The Labute approximate surface area is 146 Å². The van der Waals surface area contributed by atoms with E-state index >= 15 is 0 Å². The highest BCUT2D eigenvalue weighted by Gasteiger charge is 2.23. The molecule has 2 amide bonds. The van der Waals surface area contributed by atoms with Gasteiger partial charge in [-0.1, -0.05) is 48.5 Å². The summed E-state index contributed by atoms with van der Waals surface area (Å²) in [7, 11) is 0. The highest BCUT2D eigenvalue weighted by Crippen LogP contribution is 2.26. The second kappa shape index (κ2) is 7.53. The van der Waals surface area contributed by atoms with E-state index in [0.717, 1.165) is 5.56 Å². The number of hydrogen-bond acceptors (Lipinski definition) is 3. The van der Waals surface area contributed by atoms with Crippen LogP contribution in [0.1, 0.15) is 24.1 Å². The maximum atomic E-state index is 12.8. The second-order valence-electron chi connectivity index (χ2n) is 5.76. The van der Waals surface area contributed by atoms with Gasteiger partial charge in [0.2, 0.25) is 0 Å². The third-order valence-corrected chi connectivity index (χ3v) is 4.09. The monoisotopic (exact) mass is 336 g/mol. The number of rotatable bonds is 5. The molecule has 1 heterocycles. The van der Waals surface area contributed by atoms with Crippen molar-refractivity contribution in [3.63, 3.8) is 0 Å². The Morgan fingerprint density at radius 3 is 2.60 bits per heavy atom. The van der Waals surface area contributed by atoms with E-state index in [4.69, 9.17) is 0 Å². The number of nitrogens with one attached hydrogen (secondary N) is 2. The summed E-state index contributed by atoms with van der Waals surface area (Å²) in [5, 5.41) is 19.4. The molecule has 0 fully saturated rings. The number of benzene rings is 2. The molecule has 128 valence electrons. The smallest absolute Gasteiger partial charge is 0.322 e. The molecular weight excluding hydrogens is 316 g/mol. The van der Waals surface area contributed by atoms with Crippen molar-refractivity contribution in [2.75, 3.05) is 5.32 Å². The summed E-state index contributed by atoms with van der Waals surface area (Å²) in [6, 6.07) is 16.4. The normalized spacial score (nSPS) is 11.7. The van der Waals surface area contributed by atoms with Crippen LogP contribution in [-0.2, 0) is 6.54 Å². The first kappa shape index (κ1) is 16.6. The van der Waals surface area contributed by atoms with Crippen LogP contribution < -0.4 is 5.32 Å². The number of aromatic hydroxyl groups is 1. The second-order valence-corrected chi connectivity index (χ2v) is 5.76. The number of para-hydroxylation sites is 1. The van der Waals surface area contributed by atoms with Crippen molar-refractivity contribution in [2.45, 2.75) is 19.5 Å². The van der Waals surface area contributed by atoms with Crippen molar-refractivity contribution in [1.82, 2.24) is 15.1 Å². The molecule has 0 aliphatic heterocycles. The first-order valence-corrected chi connectivity index (χ1v) is 8.03. The molecule has 0 saturated carbocycles. The Bertz CT molecular complexity index is 818. The van der Waals surface area contributed by atoms with E-state index in [0.29, 0.717) is 11.3 Å². The van der Waals surface area contributed by atoms with E-state index in [1.807, 2.05) is 49.4 Å². The molecule has 3 aromatic rings. The number of phenolic OH excluding ortho intramolecular Hbond substituents is 1. The van der Waals surface area contributed by atoms with Crippen LogP contribution in [0.15, 0.2) is 67.0 Å². The maximum absolute atomic E-state index is 12.8. The standard InChI is InChI=1S/C19H20N4O2/c1-14(15-7-3-2-4-8-15)23(13-16-9-5-6-10-18(16)24)19(25)22-17-11-20-21-12-17/h2-12,14,24H,13H2,1H3,(H,20,21)(H,22,25)/t14-/m1/s1. The summed E-state index contributed by atoms with van der Waals surface area (Å²) < 4.78 is 0. The van der Waals surface area contributed by atoms with Crippen LogP contribution >= 0.6 is 0 Å². The highest BCUT2D eigenvalue weighted by molar-refractivity contribution is 5.89. The van der Waals surface area contributed by atoms with Crippen molar-refractivity contribution in [1.29, 1.82) is 0 Å². The maximum Gasteiger partial charge on any atom is 0.322 e. The zero-order valence-corrected chi connectivity index (χ0v) is 13.9. The van der Waals surface area contributed by atoms with Crippen molar-refractivity contribution >= 4 is 11.7 Å². The molecule has 6 nitrogen and oxygen atoms in total. The van der Waals surface area contributed by atoms with E-state index in [-0.39, 0.29) is 24.4 Å². The largest absolute Gasteiger partial charge is 0.508 e. The number of urea groups is 1. The molecule has 0 bridgehead atoms. The van der Waals surface area contributed by atoms with Gasteiger partial charge < -0.3 is 15.3 Å². The van der Waals surface area contributed by atoms with E-state index in [1.54, 1.807) is 29.4 Å². The van der Waals surface area contributed by atoms with Crippen LogP contribution in [0.2, 0.25) is 0 Å². The van der Waals surface area contributed by atoms with E-state index < -0.39 is 0 Å². The molecule has 1 atom stereocenters. The zero-order valence-electron chi connectivity index (χ0n) is 13.9. The highest BCUT2D eigenvalue weighted by atomic mass is 16.3. The quantitative estimate of drug-likeness (QED) is 0.661. The fourth-order valence-corrected chi connectivity index (χ4v) is 2.64. The SMILES string of the molecule is C[C@H](c1ccccc1)N(Cc1ccccc1O)C(=O)Nc1cn[nH]c1. The minimum absolute atomic E-state index is 0.170. The van der Waals surface area contributed by atoms with E-state index in [9.17, 15) is 9.90 Å². The molecule has 0 aliphatic rings. The van der Waals surface area contributed by atoms with Gasteiger partial charge in [-0.05, 0) is 18.6 Å². The summed E-state index contributed by atoms with van der Waals surface area (Å²) in [4.78, 5) is 14.5. The predicted octanol–water partition coefficient (Wildman–Crippen LogP) is 3.91. The van der Waals surface area contributed by atoms with Crippen molar-refractivity contribution in [2.24, 2.45) is 0 Å². The minimum Gasteiger partial charge on any atom is -0.508 e. The van der Waals surface area contributed by atoms with Crippen molar-refractivity contribution in [3.05, 3.63) is 78.1 Å². The number of anilines is 1. The third-order valence-electron chi connectivity index (χ3n) is 4.09. The van der Waals surface area contributed by atoms with Gasteiger partial charge in [0.05, 0.1) is 24.5 Å². The fraction of sp³-hybridized carbons (Fsp3) is 0.158. The topological polar surface area (TPSA) is 81.2 Å². The van der Waals surface area contributed by atoms with Gasteiger partial charge in [0, 0.05) is 11.8 Å². The summed E-state index contributed by atoms with van der Waals surface area (Å²) >= 11 is 0. The van der Waals surface area contributed by atoms with Gasteiger partial charge in [0.1, 0.15) is 5.75 Å². The molecular formula is C19H20N4O2. The van der Waals surface area contributed by atoms with Gasteiger partial charge in [-0.15, -0.1) is 0 Å². The lowest BCUT2D eigenvalue weighted by Gasteiger charge is -2.30. The zero-order chi connectivity index (χ0) is 17.6. The lowest BCUT2D eigenvalue weighted by atomic mass is 10.1. The van der Waals surface area contributed by atoms with Crippen LogP contribution in [0.4, 0.5) is 10.5 Å².